The van der Waals surface area contributed by atoms with Crippen LogP contribution < -0.4 is 0 Å². The minimum atomic E-state index is 0.736. The fourth-order valence-corrected chi connectivity index (χ4v) is 9.92. The first kappa shape index (κ1) is 37.5. The Labute approximate surface area is 255 Å². The first-order chi connectivity index (χ1) is 19.0. The SMILES string of the molecule is C=C(C)C1C2CC(C1C(=C)C)C1C(CC)CC(CC)C21.CC.CC.CCC1(C)CCCC1.CCC1(C)CCCC1. The Morgan fingerprint density at radius 1 is 0.575 bits per heavy atom. The average Bonchev–Trinajstić information content (AvgIpc) is 3.79. The molecule has 5 aliphatic carbocycles. The van der Waals surface area contributed by atoms with Crippen LogP contribution in [0.2, 0.25) is 0 Å². The van der Waals surface area contributed by atoms with Crippen LogP contribution in [-0.2, 0) is 0 Å². The van der Waals surface area contributed by atoms with Crippen molar-refractivity contribution in [2.75, 3.05) is 0 Å². The normalized spacial score (nSPS) is 35.5. The molecule has 2 bridgehead atoms. The van der Waals surface area contributed by atoms with E-state index in [9.17, 15) is 0 Å². The van der Waals surface area contributed by atoms with Gasteiger partial charge < -0.3 is 0 Å². The second-order valence-corrected chi connectivity index (χ2v) is 14.8. The monoisotopic (exact) mass is 557 g/mol. The molecule has 0 radical (unpaired) electrons. The third kappa shape index (κ3) is 8.75. The zero-order chi connectivity index (χ0) is 30.7. The molecule has 5 rings (SSSR count). The molecule has 0 nitrogen and oxygen atoms in total. The van der Waals surface area contributed by atoms with Crippen molar-refractivity contribution in [1.82, 2.24) is 0 Å². The molecule has 5 saturated carbocycles. The highest BCUT2D eigenvalue weighted by Crippen LogP contribution is 2.69. The fraction of sp³-hybridized carbons (Fsp3) is 0.900. The predicted octanol–water partition coefficient (Wildman–Crippen LogP) is 13.7. The summed E-state index contributed by atoms with van der Waals surface area (Å²) in [7, 11) is 0. The Balaban J connectivity index is 0.000000331. The summed E-state index contributed by atoms with van der Waals surface area (Å²) < 4.78 is 0. The standard InChI is InChI=1S/C20H32.2C8H16.2C2H6/c1-7-13-9-14(8-2)20-16-10-15(19(13)20)17(11(3)4)18(16)12(5)6;2*1-3-8(2)6-4-5-7-8;2*1-2/h13-20H,3,5,7-10H2,1-2,4,6H3;2*3-7H2,1-2H3;2*1-2H3. The molecule has 8 atom stereocenters. The third-order valence-electron chi connectivity index (χ3n) is 12.5. The van der Waals surface area contributed by atoms with Gasteiger partial charge in [0, 0.05) is 0 Å². The maximum absolute atomic E-state index is 4.35. The maximum Gasteiger partial charge on any atom is -0.0109 e. The van der Waals surface area contributed by atoms with Crippen LogP contribution in [0.15, 0.2) is 24.3 Å². The summed E-state index contributed by atoms with van der Waals surface area (Å²) >= 11 is 0. The van der Waals surface area contributed by atoms with Gasteiger partial charge in [-0.05, 0) is 111 Å². The Morgan fingerprint density at radius 3 is 1.07 bits per heavy atom. The lowest BCUT2D eigenvalue weighted by Gasteiger charge is -2.42. The number of hydrogen-bond donors (Lipinski definition) is 0. The van der Waals surface area contributed by atoms with Crippen molar-refractivity contribution < 1.29 is 0 Å². The van der Waals surface area contributed by atoms with Gasteiger partial charge >= 0.3 is 0 Å². The molecule has 40 heavy (non-hydrogen) atoms. The van der Waals surface area contributed by atoms with Gasteiger partial charge in [-0.3, -0.25) is 0 Å². The summed E-state index contributed by atoms with van der Waals surface area (Å²) in [5, 5.41) is 0. The van der Waals surface area contributed by atoms with Gasteiger partial charge in [-0.2, -0.15) is 0 Å². The van der Waals surface area contributed by atoms with Gasteiger partial charge in [0.2, 0.25) is 0 Å². The molecule has 5 aliphatic rings. The van der Waals surface area contributed by atoms with E-state index in [2.05, 4.69) is 68.5 Å². The molecule has 0 N–H and O–H groups in total. The highest BCUT2D eigenvalue weighted by molar-refractivity contribution is 5.23. The van der Waals surface area contributed by atoms with E-state index in [0.717, 1.165) is 58.2 Å². The van der Waals surface area contributed by atoms with Gasteiger partial charge in [-0.1, -0.05) is 145 Å². The molecule has 0 aromatic heterocycles. The van der Waals surface area contributed by atoms with Gasteiger partial charge in [0.15, 0.2) is 0 Å². The van der Waals surface area contributed by atoms with E-state index < -0.39 is 0 Å². The molecule has 0 saturated heterocycles. The summed E-state index contributed by atoms with van der Waals surface area (Å²) in [5.41, 5.74) is 4.33. The Bertz CT molecular complexity index is 654. The van der Waals surface area contributed by atoms with E-state index in [1.54, 1.807) is 0 Å². The second-order valence-electron chi connectivity index (χ2n) is 14.8. The van der Waals surface area contributed by atoms with E-state index in [1.165, 1.54) is 101 Å². The average molecular weight is 557 g/mol. The largest absolute Gasteiger partial charge is 0.0998 e. The summed E-state index contributed by atoms with van der Waals surface area (Å²) in [6.07, 6.45) is 20.3. The van der Waals surface area contributed by atoms with Crippen molar-refractivity contribution in [2.24, 2.45) is 58.2 Å². The molecule has 0 aromatic carbocycles. The van der Waals surface area contributed by atoms with Crippen LogP contribution in [0.4, 0.5) is 0 Å². The van der Waals surface area contributed by atoms with Crippen molar-refractivity contribution in [1.29, 1.82) is 0 Å². The van der Waals surface area contributed by atoms with Crippen molar-refractivity contribution >= 4 is 0 Å². The predicted molar refractivity (Wildman–Crippen MR) is 184 cm³/mol. The number of fused-ring (bicyclic) bond motifs is 5. The first-order valence-corrected chi connectivity index (χ1v) is 18.4. The topological polar surface area (TPSA) is 0 Å². The molecular weight excluding hydrogens is 480 g/mol. The lowest BCUT2D eigenvalue weighted by Crippen LogP contribution is -2.37. The zero-order valence-electron chi connectivity index (χ0n) is 29.9. The first-order valence-electron chi connectivity index (χ1n) is 18.4. The van der Waals surface area contributed by atoms with Crippen LogP contribution in [0.3, 0.4) is 0 Å². The Morgan fingerprint density at radius 2 is 0.875 bits per heavy atom. The molecule has 236 valence electrons. The van der Waals surface area contributed by atoms with Gasteiger partial charge in [-0.15, -0.1) is 0 Å². The van der Waals surface area contributed by atoms with Gasteiger partial charge in [0.1, 0.15) is 0 Å². The van der Waals surface area contributed by atoms with Crippen LogP contribution >= 0.6 is 0 Å². The summed E-state index contributed by atoms with van der Waals surface area (Å²) in [5.74, 6) is 7.32. The second kappa shape index (κ2) is 17.6. The highest BCUT2D eigenvalue weighted by Gasteiger charge is 2.63. The molecule has 0 aromatic rings. The van der Waals surface area contributed by atoms with Crippen LogP contribution in [0, 0.1) is 58.2 Å². The summed E-state index contributed by atoms with van der Waals surface area (Å²) in [6.45, 7) is 35.5. The lowest BCUT2D eigenvalue weighted by atomic mass is 9.62. The third-order valence-corrected chi connectivity index (χ3v) is 12.5. The van der Waals surface area contributed by atoms with Gasteiger partial charge in [0.25, 0.3) is 0 Å². The fourth-order valence-electron chi connectivity index (χ4n) is 9.92. The van der Waals surface area contributed by atoms with E-state index in [0.29, 0.717) is 0 Å². The molecule has 5 fully saturated rings. The quantitative estimate of drug-likeness (QED) is 0.285. The van der Waals surface area contributed by atoms with Crippen molar-refractivity contribution in [3.05, 3.63) is 24.3 Å². The number of allylic oxidation sites excluding steroid dienone is 2. The van der Waals surface area contributed by atoms with Crippen molar-refractivity contribution in [3.63, 3.8) is 0 Å². The van der Waals surface area contributed by atoms with Crippen LogP contribution in [0.5, 0.6) is 0 Å². The minimum Gasteiger partial charge on any atom is -0.0998 e. The van der Waals surface area contributed by atoms with Crippen molar-refractivity contribution in [2.45, 2.75) is 173 Å². The molecular formula is C40H76. The van der Waals surface area contributed by atoms with Crippen molar-refractivity contribution in [3.8, 4) is 0 Å². The van der Waals surface area contributed by atoms with E-state index in [-0.39, 0.29) is 0 Å². The van der Waals surface area contributed by atoms with Crippen LogP contribution in [0.25, 0.3) is 0 Å². The highest BCUT2D eigenvalue weighted by atomic mass is 14.7. The summed E-state index contributed by atoms with van der Waals surface area (Å²) in [6, 6.07) is 0. The zero-order valence-corrected chi connectivity index (χ0v) is 29.9. The lowest BCUT2D eigenvalue weighted by molar-refractivity contribution is 0.111. The molecule has 0 aliphatic heterocycles. The molecule has 0 spiro atoms. The Kier molecular flexibility index (Phi) is 16.5. The maximum atomic E-state index is 4.35. The molecule has 8 unspecified atom stereocenters. The van der Waals surface area contributed by atoms with E-state index in [1.807, 2.05) is 27.7 Å². The smallest absolute Gasteiger partial charge is 0.0109 e. The Hall–Kier alpha value is -0.520. The van der Waals surface area contributed by atoms with Gasteiger partial charge in [-0.25, -0.2) is 0 Å². The van der Waals surface area contributed by atoms with Gasteiger partial charge in [0.05, 0.1) is 0 Å². The molecule has 0 heterocycles. The van der Waals surface area contributed by atoms with Crippen LogP contribution in [-0.4, -0.2) is 0 Å². The van der Waals surface area contributed by atoms with E-state index >= 15 is 0 Å². The number of rotatable bonds is 6. The number of hydrogen-bond acceptors (Lipinski definition) is 0. The minimum absolute atomic E-state index is 0.736. The van der Waals surface area contributed by atoms with E-state index in [4.69, 9.17) is 0 Å². The van der Waals surface area contributed by atoms with Crippen LogP contribution in [0.1, 0.15) is 173 Å². The summed E-state index contributed by atoms with van der Waals surface area (Å²) in [4.78, 5) is 0. The molecule has 0 amide bonds. The molecule has 0 heteroatoms.